The lowest BCUT2D eigenvalue weighted by Crippen LogP contribution is -2.31. The lowest BCUT2D eigenvalue weighted by molar-refractivity contribution is -0.117. The van der Waals surface area contributed by atoms with Gasteiger partial charge in [-0.05, 0) is 36.8 Å². The number of anilines is 1. The first-order chi connectivity index (χ1) is 18.7. The smallest absolute Gasteiger partial charge is 0.350 e. The number of phenolic OH excluding ortho intramolecular Hbond substituents is 1. The van der Waals surface area contributed by atoms with E-state index < -0.39 is 29.5 Å². The summed E-state index contributed by atoms with van der Waals surface area (Å²) in [6, 6.07) is 11.4. The number of aryl methyl sites for hydroxylation is 1. The summed E-state index contributed by atoms with van der Waals surface area (Å²) < 4.78 is 16.2. The summed E-state index contributed by atoms with van der Waals surface area (Å²) in [7, 11) is 1.47. The lowest BCUT2D eigenvalue weighted by Gasteiger charge is -2.24. The number of aliphatic hydroxyl groups is 1. The van der Waals surface area contributed by atoms with Gasteiger partial charge in [0.05, 0.1) is 24.4 Å². The summed E-state index contributed by atoms with van der Waals surface area (Å²) in [5.74, 6) is -2.93. The van der Waals surface area contributed by atoms with Crippen LogP contribution in [0.1, 0.15) is 37.5 Å². The molecule has 0 aliphatic carbocycles. The van der Waals surface area contributed by atoms with Crippen LogP contribution in [0.2, 0.25) is 0 Å². The van der Waals surface area contributed by atoms with E-state index in [0.29, 0.717) is 28.0 Å². The zero-order valence-electron chi connectivity index (χ0n) is 20.8. The number of carbonyl (C=O) groups is 3. The summed E-state index contributed by atoms with van der Waals surface area (Å²) in [4.78, 5) is 45.4. The normalized spacial score (nSPS) is 15.2. The number of esters is 1. The number of phenols is 1. The van der Waals surface area contributed by atoms with Crippen molar-refractivity contribution in [1.82, 2.24) is 4.98 Å². The molecule has 2 N–H and O–H groups in total. The van der Waals surface area contributed by atoms with Gasteiger partial charge in [0.25, 0.3) is 5.91 Å². The summed E-state index contributed by atoms with van der Waals surface area (Å²) >= 11 is 0.876. The number of aromatic nitrogens is 1. The van der Waals surface area contributed by atoms with E-state index in [0.717, 1.165) is 16.2 Å². The van der Waals surface area contributed by atoms with Crippen molar-refractivity contribution in [2.45, 2.75) is 13.0 Å². The first-order valence-corrected chi connectivity index (χ1v) is 12.5. The maximum absolute atomic E-state index is 13.8. The molecule has 4 aromatic rings. The van der Waals surface area contributed by atoms with Gasteiger partial charge in [0, 0.05) is 5.39 Å². The molecule has 0 fully saturated rings. The molecule has 0 radical (unpaired) electrons. The van der Waals surface area contributed by atoms with E-state index in [1.54, 1.807) is 37.3 Å². The molecule has 0 bridgehead atoms. The molecule has 1 atom stereocenters. The maximum atomic E-state index is 13.8. The number of carbonyl (C=O) groups excluding carboxylic acids is 3. The molecule has 39 heavy (non-hydrogen) atoms. The van der Waals surface area contributed by atoms with Crippen molar-refractivity contribution in [3.8, 4) is 11.5 Å². The molecule has 198 valence electrons. The fraction of sp³-hybridized carbons (Fsp3) is 0.143. The highest BCUT2D eigenvalue weighted by Gasteiger charge is 2.47. The van der Waals surface area contributed by atoms with Crippen LogP contribution in [0.3, 0.4) is 0 Å². The minimum atomic E-state index is -1.19. The number of para-hydroxylation sites is 1. The Morgan fingerprint density at radius 3 is 2.69 bits per heavy atom. The van der Waals surface area contributed by atoms with E-state index in [1.807, 2.05) is 0 Å². The average Bonchev–Trinajstić information content (AvgIpc) is 3.60. The largest absolute Gasteiger partial charge is 0.508 e. The number of aliphatic hydroxyl groups excluding tert-OH is 1. The molecule has 10 nitrogen and oxygen atoms in total. The van der Waals surface area contributed by atoms with Gasteiger partial charge in [-0.1, -0.05) is 48.3 Å². The number of hydrogen-bond acceptors (Lipinski definition) is 10. The number of hydrogen-bond donors (Lipinski definition) is 2. The predicted octanol–water partition coefficient (Wildman–Crippen LogP) is 5.04. The van der Waals surface area contributed by atoms with E-state index in [-0.39, 0.29) is 33.7 Å². The molecule has 3 heterocycles. The van der Waals surface area contributed by atoms with Crippen LogP contribution in [-0.4, -0.2) is 46.6 Å². The first-order valence-electron chi connectivity index (χ1n) is 11.7. The van der Waals surface area contributed by atoms with Crippen molar-refractivity contribution in [1.29, 1.82) is 0 Å². The van der Waals surface area contributed by atoms with E-state index >= 15 is 0 Å². The minimum absolute atomic E-state index is 0.0106. The number of methoxy groups -OCH3 is 1. The number of rotatable bonds is 8. The molecule has 0 saturated heterocycles. The molecule has 0 spiro atoms. The third-order valence-electron chi connectivity index (χ3n) is 6.10. The minimum Gasteiger partial charge on any atom is -0.508 e. The second kappa shape index (κ2) is 10.1. The van der Waals surface area contributed by atoms with Gasteiger partial charge in [-0.15, -0.1) is 0 Å². The van der Waals surface area contributed by atoms with E-state index in [4.69, 9.17) is 13.9 Å². The van der Waals surface area contributed by atoms with Crippen molar-refractivity contribution in [3.63, 3.8) is 0 Å². The number of thiazole rings is 1. The van der Waals surface area contributed by atoms with Crippen molar-refractivity contribution < 1.29 is 38.5 Å². The number of nitrogens with zero attached hydrogens (tertiary/aromatic N) is 2. The Bertz CT molecular complexity index is 1680. The van der Waals surface area contributed by atoms with E-state index in [9.17, 15) is 24.6 Å². The number of ketones is 1. The number of benzene rings is 2. The molecule has 1 aliphatic heterocycles. The number of fused-ring (bicyclic) bond motifs is 1. The van der Waals surface area contributed by atoms with Crippen LogP contribution in [0, 0.1) is 6.92 Å². The summed E-state index contributed by atoms with van der Waals surface area (Å²) in [5, 5.41) is 21.8. The molecule has 2 aromatic carbocycles. The van der Waals surface area contributed by atoms with Crippen molar-refractivity contribution in [2.24, 2.45) is 0 Å². The quantitative estimate of drug-likeness (QED) is 0.177. The Morgan fingerprint density at radius 1 is 1.21 bits per heavy atom. The molecule has 11 heteroatoms. The summed E-state index contributed by atoms with van der Waals surface area (Å²) in [6.07, 6.45) is 1.42. The molecule has 2 aromatic heterocycles. The molecular formula is C28H22N2O8S. The van der Waals surface area contributed by atoms with Gasteiger partial charge < -0.3 is 24.1 Å². The van der Waals surface area contributed by atoms with Crippen LogP contribution in [0.15, 0.2) is 76.9 Å². The number of furan rings is 1. The van der Waals surface area contributed by atoms with Crippen LogP contribution < -0.4 is 9.64 Å². The van der Waals surface area contributed by atoms with Gasteiger partial charge in [-0.3, -0.25) is 14.5 Å². The number of ether oxygens (including phenoxy) is 2. The van der Waals surface area contributed by atoms with Crippen LogP contribution >= 0.6 is 11.3 Å². The van der Waals surface area contributed by atoms with Crippen molar-refractivity contribution in [3.05, 3.63) is 94.4 Å². The molecule has 1 amide bonds. The number of Topliss-reactive ketones (excluding diaryl/α,β-unsaturated/α-hetero) is 1. The summed E-state index contributed by atoms with van der Waals surface area (Å²) in [6.45, 7) is 5.08. The third kappa shape index (κ3) is 4.42. The van der Waals surface area contributed by atoms with Crippen molar-refractivity contribution >= 4 is 45.1 Å². The van der Waals surface area contributed by atoms with Crippen LogP contribution in [-0.2, 0) is 9.53 Å². The number of amides is 1. The Labute approximate surface area is 226 Å². The van der Waals surface area contributed by atoms with Crippen molar-refractivity contribution in [2.75, 3.05) is 18.6 Å². The SMILES string of the molecule is C=CCOC(=O)c1sc(N2C(=O)C(O)=C(C(=O)c3cc4cccc(OC)c4o3)C2c2cccc(O)c2)nc1C. The molecule has 1 aliphatic rings. The fourth-order valence-corrected chi connectivity index (χ4v) is 5.35. The van der Waals surface area contributed by atoms with Crippen LogP contribution in [0.25, 0.3) is 11.0 Å². The van der Waals surface area contributed by atoms with Gasteiger partial charge in [-0.25, -0.2) is 9.78 Å². The molecule has 0 saturated carbocycles. The average molecular weight is 547 g/mol. The monoisotopic (exact) mass is 546 g/mol. The highest BCUT2D eigenvalue weighted by atomic mass is 32.1. The Balaban J connectivity index is 1.63. The fourth-order valence-electron chi connectivity index (χ4n) is 4.36. The highest BCUT2D eigenvalue weighted by molar-refractivity contribution is 7.17. The summed E-state index contributed by atoms with van der Waals surface area (Å²) in [5.41, 5.74) is 0.687. The highest BCUT2D eigenvalue weighted by Crippen LogP contribution is 2.45. The van der Waals surface area contributed by atoms with Crippen LogP contribution in [0.5, 0.6) is 11.5 Å². The second-order valence-electron chi connectivity index (χ2n) is 8.55. The first kappa shape index (κ1) is 25.7. The van der Waals surface area contributed by atoms with Crippen LogP contribution in [0.4, 0.5) is 5.13 Å². The molecule has 1 unspecified atom stereocenters. The Hall–Kier alpha value is -4.90. The number of aromatic hydroxyl groups is 1. The zero-order valence-corrected chi connectivity index (χ0v) is 21.7. The van der Waals surface area contributed by atoms with Gasteiger partial charge in [-0.2, -0.15) is 0 Å². The lowest BCUT2D eigenvalue weighted by atomic mass is 9.95. The van der Waals surface area contributed by atoms with Gasteiger partial charge >= 0.3 is 5.97 Å². The third-order valence-corrected chi connectivity index (χ3v) is 7.24. The van der Waals surface area contributed by atoms with E-state index in [1.165, 1.54) is 31.4 Å². The topological polar surface area (TPSA) is 139 Å². The van der Waals surface area contributed by atoms with Gasteiger partial charge in [0.1, 0.15) is 17.2 Å². The van der Waals surface area contributed by atoms with Gasteiger partial charge in [0.2, 0.25) is 5.78 Å². The molecule has 5 rings (SSSR count). The zero-order chi connectivity index (χ0) is 27.8. The maximum Gasteiger partial charge on any atom is 0.350 e. The standard InChI is InChI=1S/C28H22N2O8S/c1-4-11-37-27(35)25-14(2)29-28(39-25)30-21(15-7-5-9-17(31)12-15)20(23(33)26(30)34)22(32)19-13-16-8-6-10-18(36-3)24(16)38-19/h4-10,12-13,21,31,33H,1,11H2,2-3H3. The second-order valence-corrected chi connectivity index (χ2v) is 9.53. The Kier molecular flexibility index (Phi) is 6.67. The van der Waals surface area contributed by atoms with Gasteiger partial charge in [0.15, 0.2) is 28.0 Å². The molecular weight excluding hydrogens is 524 g/mol. The van der Waals surface area contributed by atoms with E-state index in [2.05, 4.69) is 11.6 Å². The predicted molar refractivity (Wildman–Crippen MR) is 142 cm³/mol. The Morgan fingerprint density at radius 2 is 1.97 bits per heavy atom.